The Kier molecular flexibility index (Phi) is 5.79. The molecular weight excluding hydrogens is 438 g/mol. The minimum absolute atomic E-state index is 0.0912. The zero-order valence-electron chi connectivity index (χ0n) is 18.2. The van der Waals surface area contributed by atoms with E-state index in [2.05, 4.69) is 15.3 Å². The number of rotatable bonds is 4. The SMILES string of the molecule is O=C(Nc1ccc2nc(-c3ccc(F)cc3)[nH]c2c1)C1CCN(C(=O)c2ccc(F)cc2)CC1. The van der Waals surface area contributed by atoms with Gasteiger partial charge in [0.25, 0.3) is 5.91 Å². The molecular formula is C26H22F2N4O2. The highest BCUT2D eigenvalue weighted by molar-refractivity contribution is 5.96. The van der Waals surface area contributed by atoms with Crippen molar-refractivity contribution in [3.63, 3.8) is 0 Å². The number of anilines is 1. The van der Waals surface area contributed by atoms with Gasteiger partial charge >= 0.3 is 0 Å². The fraction of sp³-hybridized carbons (Fsp3) is 0.192. The van der Waals surface area contributed by atoms with E-state index in [9.17, 15) is 18.4 Å². The highest BCUT2D eigenvalue weighted by atomic mass is 19.1. The Morgan fingerprint density at radius 3 is 2.24 bits per heavy atom. The van der Waals surface area contributed by atoms with Crippen LogP contribution >= 0.6 is 0 Å². The fourth-order valence-electron chi connectivity index (χ4n) is 4.20. The Hall–Kier alpha value is -4.07. The number of amides is 2. The van der Waals surface area contributed by atoms with E-state index in [4.69, 9.17) is 0 Å². The molecule has 0 unspecified atom stereocenters. The van der Waals surface area contributed by atoms with Crippen LogP contribution in [0.25, 0.3) is 22.4 Å². The molecule has 0 saturated carbocycles. The molecule has 1 fully saturated rings. The first-order valence-electron chi connectivity index (χ1n) is 11.1. The first-order chi connectivity index (χ1) is 16.5. The highest BCUT2D eigenvalue weighted by Gasteiger charge is 2.28. The maximum absolute atomic E-state index is 13.2. The van der Waals surface area contributed by atoms with Crippen LogP contribution in [0.15, 0.2) is 66.7 Å². The van der Waals surface area contributed by atoms with Crippen LogP contribution in [0.5, 0.6) is 0 Å². The van der Waals surface area contributed by atoms with Gasteiger partial charge < -0.3 is 15.2 Å². The van der Waals surface area contributed by atoms with Gasteiger partial charge in [0.15, 0.2) is 0 Å². The van der Waals surface area contributed by atoms with E-state index in [1.807, 2.05) is 12.1 Å². The second-order valence-corrected chi connectivity index (χ2v) is 8.39. The quantitative estimate of drug-likeness (QED) is 0.450. The maximum atomic E-state index is 13.2. The normalized spacial score (nSPS) is 14.4. The Balaban J connectivity index is 1.21. The molecule has 34 heavy (non-hydrogen) atoms. The summed E-state index contributed by atoms with van der Waals surface area (Å²) in [5, 5.41) is 2.96. The van der Waals surface area contributed by atoms with Gasteiger partial charge in [0, 0.05) is 35.8 Å². The molecule has 0 radical (unpaired) electrons. The Morgan fingerprint density at radius 2 is 1.56 bits per heavy atom. The number of aromatic amines is 1. The topological polar surface area (TPSA) is 78.1 Å². The predicted molar refractivity (Wildman–Crippen MR) is 125 cm³/mol. The van der Waals surface area contributed by atoms with Gasteiger partial charge in [0.05, 0.1) is 11.0 Å². The average Bonchev–Trinajstić information content (AvgIpc) is 3.28. The number of piperidine rings is 1. The van der Waals surface area contributed by atoms with Crippen LogP contribution in [0.4, 0.5) is 14.5 Å². The third-order valence-electron chi connectivity index (χ3n) is 6.11. The summed E-state index contributed by atoms with van der Waals surface area (Å²) in [6.45, 7) is 0.934. The number of carbonyl (C=O) groups excluding carboxylic acids is 2. The summed E-state index contributed by atoms with van der Waals surface area (Å²) in [6.07, 6.45) is 1.11. The van der Waals surface area contributed by atoms with Crippen LogP contribution in [-0.2, 0) is 4.79 Å². The van der Waals surface area contributed by atoms with Crippen molar-refractivity contribution in [2.24, 2.45) is 5.92 Å². The Morgan fingerprint density at radius 1 is 0.912 bits per heavy atom. The number of hydrogen-bond acceptors (Lipinski definition) is 3. The molecule has 3 aromatic carbocycles. The van der Waals surface area contributed by atoms with Gasteiger partial charge in [-0.2, -0.15) is 0 Å². The smallest absolute Gasteiger partial charge is 0.253 e. The number of nitrogens with zero attached hydrogens (tertiary/aromatic N) is 2. The lowest BCUT2D eigenvalue weighted by molar-refractivity contribution is -0.121. The molecule has 6 nitrogen and oxygen atoms in total. The number of H-pyrrole nitrogens is 1. The molecule has 1 aromatic heterocycles. The molecule has 0 atom stereocenters. The van der Waals surface area contributed by atoms with Gasteiger partial charge in [0.1, 0.15) is 17.5 Å². The van der Waals surface area contributed by atoms with Gasteiger partial charge in [-0.25, -0.2) is 13.8 Å². The van der Waals surface area contributed by atoms with Crippen molar-refractivity contribution in [3.8, 4) is 11.4 Å². The van der Waals surface area contributed by atoms with Crippen molar-refractivity contribution in [2.45, 2.75) is 12.8 Å². The van der Waals surface area contributed by atoms with E-state index in [1.54, 1.807) is 23.1 Å². The van der Waals surface area contributed by atoms with Crippen molar-refractivity contribution < 1.29 is 18.4 Å². The van der Waals surface area contributed by atoms with E-state index in [1.165, 1.54) is 36.4 Å². The Bertz CT molecular complexity index is 1340. The highest BCUT2D eigenvalue weighted by Crippen LogP contribution is 2.25. The number of likely N-dealkylation sites (tertiary alicyclic amines) is 1. The summed E-state index contributed by atoms with van der Waals surface area (Å²) in [5.41, 5.74) is 3.36. The molecule has 2 amide bonds. The lowest BCUT2D eigenvalue weighted by Gasteiger charge is -2.31. The summed E-state index contributed by atoms with van der Waals surface area (Å²) in [5.74, 6) is -0.518. The van der Waals surface area contributed by atoms with Crippen molar-refractivity contribution in [3.05, 3.63) is 83.9 Å². The molecule has 0 bridgehead atoms. The van der Waals surface area contributed by atoms with Crippen LogP contribution in [-0.4, -0.2) is 39.8 Å². The van der Waals surface area contributed by atoms with E-state index >= 15 is 0 Å². The van der Waals surface area contributed by atoms with Crippen LogP contribution in [0.1, 0.15) is 23.2 Å². The standard InChI is InChI=1S/C26H22F2N4O2/c27-19-5-1-16(2-6-19)24-30-22-10-9-21(15-23(22)31-24)29-25(33)17-11-13-32(14-12-17)26(34)18-3-7-20(28)8-4-18/h1-10,15,17H,11-14H2,(H,29,33)(H,30,31). The third kappa shape index (κ3) is 4.52. The van der Waals surface area contributed by atoms with Crippen LogP contribution in [0, 0.1) is 17.6 Å². The van der Waals surface area contributed by atoms with Gasteiger partial charge in [-0.15, -0.1) is 0 Å². The number of fused-ring (bicyclic) bond motifs is 1. The van der Waals surface area contributed by atoms with E-state index in [0.717, 1.165) is 16.6 Å². The summed E-state index contributed by atoms with van der Waals surface area (Å²) in [4.78, 5) is 34.9. The molecule has 2 heterocycles. The fourth-order valence-corrected chi connectivity index (χ4v) is 4.20. The van der Waals surface area contributed by atoms with Gasteiger partial charge in [0.2, 0.25) is 5.91 Å². The zero-order chi connectivity index (χ0) is 23.7. The second kappa shape index (κ2) is 9.05. The summed E-state index contributed by atoms with van der Waals surface area (Å²) >= 11 is 0. The van der Waals surface area contributed by atoms with Crippen molar-refractivity contribution >= 4 is 28.5 Å². The molecule has 8 heteroatoms. The van der Waals surface area contributed by atoms with Crippen molar-refractivity contribution in [1.29, 1.82) is 0 Å². The number of nitrogens with one attached hydrogen (secondary N) is 2. The lowest BCUT2D eigenvalue weighted by Crippen LogP contribution is -2.41. The minimum Gasteiger partial charge on any atom is -0.339 e. The first-order valence-corrected chi connectivity index (χ1v) is 11.1. The number of carbonyl (C=O) groups is 2. The minimum atomic E-state index is -0.382. The molecule has 172 valence electrons. The monoisotopic (exact) mass is 460 g/mol. The third-order valence-corrected chi connectivity index (χ3v) is 6.11. The predicted octanol–water partition coefficient (Wildman–Crippen LogP) is 5.00. The summed E-state index contributed by atoms with van der Waals surface area (Å²) in [6, 6.07) is 17.0. The maximum Gasteiger partial charge on any atom is 0.253 e. The first kappa shape index (κ1) is 21.8. The van der Waals surface area contributed by atoms with Crippen molar-refractivity contribution in [2.75, 3.05) is 18.4 Å². The molecule has 1 aliphatic rings. The molecule has 4 aromatic rings. The summed E-state index contributed by atoms with van der Waals surface area (Å²) in [7, 11) is 0. The van der Waals surface area contributed by atoms with Crippen molar-refractivity contribution in [1.82, 2.24) is 14.9 Å². The zero-order valence-corrected chi connectivity index (χ0v) is 18.2. The molecule has 0 spiro atoms. The largest absolute Gasteiger partial charge is 0.339 e. The van der Waals surface area contributed by atoms with Gasteiger partial charge in [-0.1, -0.05) is 0 Å². The average molecular weight is 460 g/mol. The number of aromatic nitrogens is 2. The molecule has 1 aliphatic heterocycles. The number of halogens is 2. The van der Waals surface area contributed by atoms with Crippen LogP contribution in [0.3, 0.4) is 0 Å². The van der Waals surface area contributed by atoms with Crippen LogP contribution in [0.2, 0.25) is 0 Å². The number of imidazole rings is 1. The van der Waals surface area contributed by atoms with Crippen LogP contribution < -0.4 is 5.32 Å². The number of benzene rings is 3. The van der Waals surface area contributed by atoms with E-state index < -0.39 is 0 Å². The van der Waals surface area contributed by atoms with E-state index in [-0.39, 0.29) is 29.4 Å². The number of hydrogen-bond donors (Lipinski definition) is 2. The second-order valence-electron chi connectivity index (χ2n) is 8.39. The van der Waals surface area contributed by atoms with Gasteiger partial charge in [-0.05, 0) is 79.6 Å². The molecule has 2 N–H and O–H groups in total. The van der Waals surface area contributed by atoms with Gasteiger partial charge in [-0.3, -0.25) is 9.59 Å². The van der Waals surface area contributed by atoms with E-state index in [0.29, 0.717) is 43.0 Å². The molecule has 1 saturated heterocycles. The molecule has 0 aliphatic carbocycles. The summed E-state index contributed by atoms with van der Waals surface area (Å²) < 4.78 is 26.3. The Labute approximate surface area is 194 Å². The lowest BCUT2D eigenvalue weighted by atomic mass is 9.95. The molecule has 5 rings (SSSR count).